The molecule has 0 saturated carbocycles. The van der Waals surface area contributed by atoms with Gasteiger partial charge in [0, 0.05) is 17.6 Å². The normalized spacial score (nSPS) is 10.0. The standard InChI is InChI=1S/C14H14N2O3/c1-9-7-10(5-6-15-9)16-14(18)12-8-11(19-2)3-4-13(12)17/h3-8,17H,1-2H3,(H,15,16,18). The minimum absolute atomic E-state index is 0.0934. The number of aryl methyl sites for hydroxylation is 1. The molecule has 0 radical (unpaired) electrons. The fourth-order valence-corrected chi connectivity index (χ4v) is 1.65. The maximum absolute atomic E-state index is 12.1. The van der Waals surface area contributed by atoms with Crippen LogP contribution in [0.3, 0.4) is 0 Å². The molecule has 1 aromatic heterocycles. The van der Waals surface area contributed by atoms with E-state index in [1.165, 1.54) is 19.2 Å². The molecule has 1 amide bonds. The van der Waals surface area contributed by atoms with Crippen molar-refractivity contribution in [2.45, 2.75) is 6.92 Å². The Labute approximate surface area is 110 Å². The number of nitrogens with one attached hydrogen (secondary N) is 1. The van der Waals surface area contributed by atoms with Crippen LogP contribution in [0.1, 0.15) is 16.1 Å². The summed E-state index contributed by atoms with van der Waals surface area (Å²) in [5.41, 5.74) is 1.58. The van der Waals surface area contributed by atoms with E-state index in [-0.39, 0.29) is 11.3 Å². The number of methoxy groups -OCH3 is 1. The van der Waals surface area contributed by atoms with Gasteiger partial charge in [0.15, 0.2) is 0 Å². The summed E-state index contributed by atoms with van der Waals surface area (Å²) in [5.74, 6) is 0.0138. The van der Waals surface area contributed by atoms with E-state index in [1.54, 1.807) is 24.4 Å². The molecule has 0 aliphatic rings. The van der Waals surface area contributed by atoms with Crippen LogP contribution in [0.2, 0.25) is 0 Å². The largest absolute Gasteiger partial charge is 0.507 e. The van der Waals surface area contributed by atoms with Crippen LogP contribution in [0.5, 0.6) is 11.5 Å². The summed E-state index contributed by atoms with van der Waals surface area (Å²) in [6.45, 7) is 1.83. The molecule has 0 unspecified atom stereocenters. The Balaban J connectivity index is 2.25. The van der Waals surface area contributed by atoms with Crippen molar-refractivity contribution in [3.8, 4) is 11.5 Å². The minimum Gasteiger partial charge on any atom is -0.507 e. The molecule has 19 heavy (non-hydrogen) atoms. The predicted molar refractivity (Wildman–Crippen MR) is 71.6 cm³/mol. The highest BCUT2D eigenvalue weighted by atomic mass is 16.5. The first-order valence-electron chi connectivity index (χ1n) is 5.71. The van der Waals surface area contributed by atoms with Gasteiger partial charge in [-0.15, -0.1) is 0 Å². The van der Waals surface area contributed by atoms with Gasteiger partial charge in [-0.25, -0.2) is 0 Å². The lowest BCUT2D eigenvalue weighted by atomic mass is 10.1. The molecule has 2 N–H and O–H groups in total. The van der Waals surface area contributed by atoms with Crippen molar-refractivity contribution >= 4 is 11.6 Å². The predicted octanol–water partition coefficient (Wildman–Crippen LogP) is 2.36. The second-order valence-corrected chi connectivity index (χ2v) is 4.02. The average molecular weight is 258 g/mol. The number of nitrogens with zero attached hydrogens (tertiary/aromatic N) is 1. The number of aromatic hydroxyl groups is 1. The summed E-state index contributed by atoms with van der Waals surface area (Å²) >= 11 is 0. The maximum atomic E-state index is 12.1. The molecule has 98 valence electrons. The zero-order valence-corrected chi connectivity index (χ0v) is 10.7. The SMILES string of the molecule is COc1ccc(O)c(C(=O)Nc2ccnc(C)c2)c1. The number of ether oxygens (including phenoxy) is 1. The number of pyridine rings is 1. The molecule has 0 bridgehead atoms. The fourth-order valence-electron chi connectivity index (χ4n) is 1.65. The first-order valence-corrected chi connectivity index (χ1v) is 5.71. The Hall–Kier alpha value is -2.56. The molecule has 2 rings (SSSR count). The van der Waals surface area contributed by atoms with Crippen LogP contribution in [0.15, 0.2) is 36.5 Å². The number of carbonyl (C=O) groups excluding carboxylic acids is 1. The maximum Gasteiger partial charge on any atom is 0.259 e. The van der Waals surface area contributed by atoms with Crippen molar-refractivity contribution in [1.29, 1.82) is 0 Å². The molecule has 5 heteroatoms. The van der Waals surface area contributed by atoms with E-state index >= 15 is 0 Å². The van der Waals surface area contributed by atoms with Crippen molar-refractivity contribution in [3.05, 3.63) is 47.8 Å². The third-order valence-corrected chi connectivity index (χ3v) is 2.60. The first kappa shape index (κ1) is 12.9. The monoisotopic (exact) mass is 258 g/mol. The van der Waals surface area contributed by atoms with Gasteiger partial charge in [-0.2, -0.15) is 0 Å². The zero-order valence-electron chi connectivity index (χ0n) is 10.7. The Morgan fingerprint density at radius 3 is 2.79 bits per heavy atom. The summed E-state index contributed by atoms with van der Waals surface area (Å²) < 4.78 is 5.03. The number of benzene rings is 1. The number of anilines is 1. The van der Waals surface area contributed by atoms with Crippen LogP contribution in [0.25, 0.3) is 0 Å². The summed E-state index contributed by atoms with van der Waals surface area (Å²) in [7, 11) is 1.50. The molecular formula is C14H14N2O3. The molecular weight excluding hydrogens is 244 g/mol. The third-order valence-electron chi connectivity index (χ3n) is 2.60. The Morgan fingerprint density at radius 1 is 1.32 bits per heavy atom. The van der Waals surface area contributed by atoms with Crippen molar-refractivity contribution in [3.63, 3.8) is 0 Å². The molecule has 2 aromatic rings. The van der Waals surface area contributed by atoms with Gasteiger partial charge in [0.25, 0.3) is 5.91 Å². The summed E-state index contributed by atoms with van der Waals surface area (Å²) in [6, 6.07) is 7.92. The Kier molecular flexibility index (Phi) is 3.66. The highest BCUT2D eigenvalue weighted by Crippen LogP contribution is 2.23. The number of rotatable bonds is 3. The highest BCUT2D eigenvalue weighted by molar-refractivity contribution is 6.06. The Morgan fingerprint density at radius 2 is 2.11 bits per heavy atom. The molecule has 5 nitrogen and oxygen atoms in total. The molecule has 1 heterocycles. The van der Waals surface area contributed by atoms with E-state index in [4.69, 9.17) is 4.74 Å². The molecule has 0 saturated heterocycles. The van der Waals surface area contributed by atoms with E-state index < -0.39 is 5.91 Å². The van der Waals surface area contributed by atoms with Crippen molar-refractivity contribution in [2.75, 3.05) is 12.4 Å². The second kappa shape index (κ2) is 5.39. The summed E-state index contributed by atoms with van der Waals surface area (Å²) in [5, 5.41) is 12.4. The van der Waals surface area contributed by atoms with E-state index in [2.05, 4.69) is 10.3 Å². The van der Waals surface area contributed by atoms with Gasteiger partial charge in [0.05, 0.1) is 12.7 Å². The van der Waals surface area contributed by atoms with E-state index in [9.17, 15) is 9.90 Å². The van der Waals surface area contributed by atoms with Crippen LogP contribution < -0.4 is 10.1 Å². The van der Waals surface area contributed by atoms with Gasteiger partial charge in [-0.05, 0) is 37.3 Å². The van der Waals surface area contributed by atoms with Gasteiger partial charge in [0.1, 0.15) is 11.5 Å². The lowest BCUT2D eigenvalue weighted by Gasteiger charge is -2.08. The number of phenolic OH excluding ortho intramolecular Hbond substituents is 1. The zero-order chi connectivity index (χ0) is 13.8. The minimum atomic E-state index is -0.401. The highest BCUT2D eigenvalue weighted by Gasteiger charge is 2.12. The third kappa shape index (κ3) is 3.01. The van der Waals surface area contributed by atoms with Crippen molar-refractivity contribution < 1.29 is 14.6 Å². The van der Waals surface area contributed by atoms with Gasteiger partial charge in [0.2, 0.25) is 0 Å². The molecule has 0 aliphatic heterocycles. The molecule has 0 aliphatic carbocycles. The molecule has 0 fully saturated rings. The number of hydrogen-bond donors (Lipinski definition) is 2. The lowest BCUT2D eigenvalue weighted by molar-refractivity contribution is 0.102. The molecule has 1 aromatic carbocycles. The number of hydrogen-bond acceptors (Lipinski definition) is 4. The van der Waals surface area contributed by atoms with Crippen LogP contribution >= 0.6 is 0 Å². The van der Waals surface area contributed by atoms with E-state index in [0.29, 0.717) is 11.4 Å². The Bertz CT molecular complexity index is 611. The summed E-state index contributed by atoms with van der Waals surface area (Å²) in [6.07, 6.45) is 1.61. The second-order valence-electron chi connectivity index (χ2n) is 4.02. The van der Waals surface area contributed by atoms with Crippen LogP contribution in [-0.2, 0) is 0 Å². The quantitative estimate of drug-likeness (QED) is 0.886. The van der Waals surface area contributed by atoms with E-state index in [0.717, 1.165) is 5.69 Å². The number of carbonyl (C=O) groups is 1. The summed E-state index contributed by atoms with van der Waals surface area (Å²) in [4.78, 5) is 16.1. The topological polar surface area (TPSA) is 71.5 Å². The van der Waals surface area contributed by atoms with Gasteiger partial charge >= 0.3 is 0 Å². The lowest BCUT2D eigenvalue weighted by Crippen LogP contribution is -2.12. The number of aromatic nitrogens is 1. The number of amides is 1. The van der Waals surface area contributed by atoms with Crippen LogP contribution in [0, 0.1) is 6.92 Å². The fraction of sp³-hybridized carbons (Fsp3) is 0.143. The van der Waals surface area contributed by atoms with Gasteiger partial charge in [-0.3, -0.25) is 9.78 Å². The first-order chi connectivity index (χ1) is 9.10. The van der Waals surface area contributed by atoms with Gasteiger partial charge < -0.3 is 15.2 Å². The van der Waals surface area contributed by atoms with Crippen LogP contribution in [0.4, 0.5) is 5.69 Å². The van der Waals surface area contributed by atoms with Crippen molar-refractivity contribution in [1.82, 2.24) is 4.98 Å². The van der Waals surface area contributed by atoms with Crippen molar-refractivity contribution in [2.24, 2.45) is 0 Å². The number of phenols is 1. The molecule has 0 atom stereocenters. The average Bonchev–Trinajstić information content (AvgIpc) is 2.39. The van der Waals surface area contributed by atoms with Crippen LogP contribution in [-0.4, -0.2) is 23.1 Å². The van der Waals surface area contributed by atoms with Gasteiger partial charge in [-0.1, -0.05) is 0 Å². The smallest absolute Gasteiger partial charge is 0.259 e. The molecule has 0 spiro atoms. The van der Waals surface area contributed by atoms with E-state index in [1.807, 2.05) is 6.92 Å².